The van der Waals surface area contributed by atoms with Crippen LogP contribution in [0.2, 0.25) is 0 Å². The minimum absolute atomic E-state index is 0.342. The van der Waals surface area contributed by atoms with Crippen molar-refractivity contribution < 1.29 is 23.0 Å². The van der Waals surface area contributed by atoms with Gasteiger partial charge in [-0.3, -0.25) is 9.69 Å². The van der Waals surface area contributed by atoms with Crippen molar-refractivity contribution in [3.05, 3.63) is 53.6 Å². The molecule has 0 unspecified atom stereocenters. The molecule has 1 heterocycles. The van der Waals surface area contributed by atoms with Crippen molar-refractivity contribution in [1.29, 1.82) is 0 Å². The zero-order valence-electron chi connectivity index (χ0n) is 13.5. The van der Waals surface area contributed by atoms with Crippen LogP contribution in [0.1, 0.15) is 17.2 Å². The van der Waals surface area contributed by atoms with Gasteiger partial charge in [-0.25, -0.2) is 0 Å². The summed E-state index contributed by atoms with van der Waals surface area (Å²) in [4.78, 5) is 13.1. The number of carbonyl (C=O) groups excluding carboxylic acids is 1. The van der Waals surface area contributed by atoms with Crippen molar-refractivity contribution in [2.24, 2.45) is 0 Å². The van der Waals surface area contributed by atoms with Gasteiger partial charge in [-0.05, 0) is 24.6 Å². The maximum atomic E-state index is 14.2. The number of nitrogens with zero attached hydrogens (tertiary/aromatic N) is 1. The highest BCUT2D eigenvalue weighted by molar-refractivity contribution is 6.07. The molecule has 1 fully saturated rings. The summed E-state index contributed by atoms with van der Waals surface area (Å²) in [6.07, 6.45) is 0. The molecule has 3 rings (SSSR count). The standard InChI is InChI=1S/C18H17F2NO3/c1-11-4-6-12(7-5-11)16-18(19,20)17(22)21(16)13-8-9-14(23-2)15(10-13)24-3/h4-10,16H,1-3H3/t16-/m0/s1. The number of alkyl halides is 2. The van der Waals surface area contributed by atoms with Crippen molar-refractivity contribution in [2.75, 3.05) is 19.1 Å². The predicted molar refractivity (Wildman–Crippen MR) is 85.9 cm³/mol. The molecule has 1 aliphatic rings. The Balaban J connectivity index is 2.02. The van der Waals surface area contributed by atoms with Gasteiger partial charge in [0.25, 0.3) is 0 Å². The molecule has 4 nitrogen and oxygen atoms in total. The normalized spacial score (nSPS) is 19.0. The van der Waals surface area contributed by atoms with Gasteiger partial charge in [0.2, 0.25) is 0 Å². The number of hydrogen-bond acceptors (Lipinski definition) is 3. The first-order valence-electron chi connectivity index (χ1n) is 7.40. The van der Waals surface area contributed by atoms with Crippen LogP contribution in [-0.2, 0) is 4.79 Å². The fraction of sp³-hybridized carbons (Fsp3) is 0.278. The molecule has 0 N–H and O–H groups in total. The summed E-state index contributed by atoms with van der Waals surface area (Å²) in [5.74, 6) is -3.81. The van der Waals surface area contributed by atoms with Gasteiger partial charge >= 0.3 is 11.8 Å². The number of benzene rings is 2. The van der Waals surface area contributed by atoms with Crippen molar-refractivity contribution in [3.63, 3.8) is 0 Å². The van der Waals surface area contributed by atoms with E-state index in [-0.39, 0.29) is 0 Å². The largest absolute Gasteiger partial charge is 0.493 e. The van der Waals surface area contributed by atoms with Crippen LogP contribution in [0.15, 0.2) is 42.5 Å². The van der Waals surface area contributed by atoms with Gasteiger partial charge in [0.05, 0.1) is 14.2 Å². The Bertz CT molecular complexity index is 774. The molecular weight excluding hydrogens is 316 g/mol. The van der Waals surface area contributed by atoms with Crippen LogP contribution in [0.4, 0.5) is 14.5 Å². The molecule has 2 aromatic carbocycles. The Labute approximate surface area is 138 Å². The zero-order chi connectivity index (χ0) is 17.5. The number of rotatable bonds is 4. The Kier molecular flexibility index (Phi) is 3.91. The number of anilines is 1. The summed E-state index contributed by atoms with van der Waals surface area (Å²) < 4.78 is 38.7. The molecule has 1 amide bonds. The molecule has 1 saturated heterocycles. The van der Waals surface area contributed by atoms with Crippen molar-refractivity contribution in [2.45, 2.75) is 18.9 Å². The van der Waals surface area contributed by atoms with E-state index in [0.717, 1.165) is 10.5 Å². The van der Waals surface area contributed by atoms with Crippen molar-refractivity contribution in [1.82, 2.24) is 0 Å². The van der Waals surface area contributed by atoms with E-state index in [1.165, 1.54) is 20.3 Å². The number of β-lactam (4-membered cyclic amide) rings is 1. The first-order chi connectivity index (χ1) is 11.4. The number of amides is 1. The molecule has 0 bridgehead atoms. The first-order valence-corrected chi connectivity index (χ1v) is 7.40. The highest BCUT2D eigenvalue weighted by atomic mass is 19.3. The molecule has 2 aromatic rings. The van der Waals surface area contributed by atoms with Gasteiger partial charge in [-0.2, -0.15) is 8.78 Å². The molecule has 1 aliphatic heterocycles. The number of aryl methyl sites for hydroxylation is 1. The Morgan fingerprint density at radius 2 is 1.62 bits per heavy atom. The van der Waals surface area contributed by atoms with E-state index in [0.29, 0.717) is 22.7 Å². The van der Waals surface area contributed by atoms with Crippen LogP contribution in [0, 0.1) is 6.92 Å². The third-order valence-electron chi connectivity index (χ3n) is 4.14. The van der Waals surface area contributed by atoms with Crippen molar-refractivity contribution >= 4 is 11.6 Å². The van der Waals surface area contributed by atoms with Gasteiger partial charge < -0.3 is 9.47 Å². The quantitative estimate of drug-likeness (QED) is 0.800. The van der Waals surface area contributed by atoms with Gasteiger partial charge in [0.15, 0.2) is 11.5 Å². The second-order valence-electron chi connectivity index (χ2n) is 5.65. The van der Waals surface area contributed by atoms with Crippen LogP contribution in [0.3, 0.4) is 0 Å². The third-order valence-corrected chi connectivity index (χ3v) is 4.14. The summed E-state index contributed by atoms with van der Waals surface area (Å²) in [6.45, 7) is 1.87. The summed E-state index contributed by atoms with van der Waals surface area (Å²) in [7, 11) is 2.93. The third kappa shape index (κ3) is 2.38. The number of hydrogen-bond donors (Lipinski definition) is 0. The van der Waals surface area contributed by atoms with E-state index in [2.05, 4.69) is 0 Å². The summed E-state index contributed by atoms with van der Waals surface area (Å²) >= 11 is 0. The van der Waals surface area contributed by atoms with Crippen molar-refractivity contribution in [3.8, 4) is 11.5 Å². The molecule has 0 radical (unpaired) electrons. The highest BCUT2D eigenvalue weighted by Gasteiger charge is 2.64. The second-order valence-corrected chi connectivity index (χ2v) is 5.65. The zero-order valence-corrected chi connectivity index (χ0v) is 13.5. The number of carbonyl (C=O) groups is 1. The lowest BCUT2D eigenvalue weighted by Gasteiger charge is -2.46. The van der Waals surface area contributed by atoms with Gasteiger partial charge in [0.1, 0.15) is 6.04 Å². The molecule has 0 saturated carbocycles. The van der Waals surface area contributed by atoms with Crippen LogP contribution in [0.5, 0.6) is 11.5 Å². The summed E-state index contributed by atoms with van der Waals surface area (Å²) in [6, 6.07) is 10.1. The lowest BCUT2D eigenvalue weighted by molar-refractivity contribution is -0.162. The molecule has 0 aliphatic carbocycles. The van der Waals surface area contributed by atoms with E-state index in [4.69, 9.17) is 9.47 Å². The van der Waals surface area contributed by atoms with E-state index in [1.807, 2.05) is 6.92 Å². The fourth-order valence-electron chi connectivity index (χ4n) is 2.84. The Hall–Kier alpha value is -2.63. The SMILES string of the molecule is COc1ccc(N2C(=O)C(F)(F)[C@@H]2c2ccc(C)cc2)cc1OC. The predicted octanol–water partition coefficient (Wildman–Crippen LogP) is 3.74. The second kappa shape index (κ2) is 5.78. The number of halogens is 2. The fourth-order valence-corrected chi connectivity index (χ4v) is 2.84. The monoisotopic (exact) mass is 333 g/mol. The topological polar surface area (TPSA) is 38.8 Å². The molecule has 1 atom stereocenters. The van der Waals surface area contributed by atoms with Gasteiger partial charge in [0, 0.05) is 11.8 Å². The smallest absolute Gasteiger partial charge is 0.349 e. The number of ether oxygens (including phenoxy) is 2. The van der Waals surface area contributed by atoms with Gasteiger partial charge in [-0.15, -0.1) is 0 Å². The average Bonchev–Trinajstić information content (AvgIpc) is 2.59. The molecule has 6 heteroatoms. The number of methoxy groups -OCH3 is 2. The van der Waals surface area contributed by atoms with Crippen LogP contribution >= 0.6 is 0 Å². The molecule has 0 aromatic heterocycles. The van der Waals surface area contributed by atoms with Gasteiger partial charge in [-0.1, -0.05) is 29.8 Å². The molecular formula is C18H17F2NO3. The summed E-state index contributed by atoms with van der Waals surface area (Å²) in [5, 5.41) is 0. The van der Waals surface area contributed by atoms with E-state index < -0.39 is 17.9 Å². The Morgan fingerprint density at radius 1 is 1.00 bits per heavy atom. The maximum absolute atomic E-state index is 14.2. The first kappa shape index (κ1) is 16.2. The lowest BCUT2D eigenvalue weighted by Crippen LogP contribution is -2.64. The molecule has 24 heavy (non-hydrogen) atoms. The van der Waals surface area contributed by atoms with Crippen LogP contribution < -0.4 is 14.4 Å². The highest BCUT2D eigenvalue weighted by Crippen LogP contribution is 2.50. The minimum atomic E-state index is -3.43. The maximum Gasteiger partial charge on any atom is 0.349 e. The molecule has 126 valence electrons. The minimum Gasteiger partial charge on any atom is -0.493 e. The lowest BCUT2D eigenvalue weighted by atomic mass is 9.88. The van der Waals surface area contributed by atoms with Crippen LogP contribution in [0.25, 0.3) is 0 Å². The molecule has 0 spiro atoms. The Morgan fingerprint density at radius 3 is 2.21 bits per heavy atom. The van der Waals surface area contributed by atoms with Crippen LogP contribution in [-0.4, -0.2) is 26.0 Å². The van der Waals surface area contributed by atoms with E-state index in [1.54, 1.807) is 36.4 Å². The van der Waals surface area contributed by atoms with E-state index in [9.17, 15) is 13.6 Å². The average molecular weight is 333 g/mol. The van der Waals surface area contributed by atoms with E-state index >= 15 is 0 Å². The summed E-state index contributed by atoms with van der Waals surface area (Å²) in [5.41, 5.74) is 1.69.